The van der Waals surface area contributed by atoms with E-state index in [0.717, 1.165) is 28.3 Å². The van der Waals surface area contributed by atoms with Crippen LogP contribution in [0, 0.1) is 0 Å². The average molecular weight is 504 g/mol. The zero-order valence-corrected chi connectivity index (χ0v) is 22.9. The molecule has 0 spiro atoms. The molecular weight excluding hydrogens is 470 g/mol. The highest BCUT2D eigenvalue weighted by Crippen LogP contribution is 2.31. The predicted octanol–water partition coefficient (Wildman–Crippen LogP) is 7.87. The van der Waals surface area contributed by atoms with Gasteiger partial charge in [0.1, 0.15) is 5.01 Å². The molecule has 0 aliphatic heterocycles. The van der Waals surface area contributed by atoms with Crippen LogP contribution >= 0.6 is 23.1 Å². The van der Waals surface area contributed by atoms with Crippen LogP contribution in [0.1, 0.15) is 68.0 Å². The van der Waals surface area contributed by atoms with Crippen molar-refractivity contribution in [2.24, 2.45) is 0 Å². The number of aryl methyl sites for hydroxylation is 1. The Bertz CT molecular complexity index is 1310. The van der Waals surface area contributed by atoms with Crippen molar-refractivity contribution in [3.8, 4) is 0 Å². The molecule has 1 heterocycles. The number of thioether (sulfide) groups is 1. The SMILES string of the molecule is CC(C)(C)c1cc(C(=O)Nc2nnc(CCSc3ccc4ccccc4c3)s2)cc(C(C)(C)C)c1. The van der Waals surface area contributed by atoms with Crippen LogP contribution in [-0.2, 0) is 17.3 Å². The highest BCUT2D eigenvalue weighted by Gasteiger charge is 2.22. The summed E-state index contributed by atoms with van der Waals surface area (Å²) in [7, 11) is 0. The minimum Gasteiger partial charge on any atom is -0.296 e. The van der Waals surface area contributed by atoms with Crippen LogP contribution in [0.4, 0.5) is 5.13 Å². The second-order valence-electron chi connectivity index (χ2n) is 10.9. The first-order valence-electron chi connectivity index (χ1n) is 11.9. The van der Waals surface area contributed by atoms with Crippen molar-refractivity contribution < 1.29 is 4.79 Å². The molecule has 0 fully saturated rings. The van der Waals surface area contributed by atoms with Crippen LogP contribution in [-0.4, -0.2) is 21.9 Å². The fourth-order valence-electron chi connectivity index (χ4n) is 3.71. The van der Waals surface area contributed by atoms with Crippen LogP contribution in [0.15, 0.2) is 65.6 Å². The maximum Gasteiger partial charge on any atom is 0.257 e. The molecule has 0 saturated heterocycles. The lowest BCUT2D eigenvalue weighted by Crippen LogP contribution is -2.20. The fraction of sp³-hybridized carbons (Fsp3) is 0.345. The molecular formula is C29H33N3OS2. The lowest BCUT2D eigenvalue weighted by Gasteiger charge is -2.26. The molecule has 4 rings (SSSR count). The van der Waals surface area contributed by atoms with Crippen LogP contribution in [0.3, 0.4) is 0 Å². The standard InChI is InChI=1S/C29H33N3OS2/c1-28(2,3)22-15-21(16-23(18-22)29(4,5)6)26(33)30-27-32-31-25(35-27)13-14-34-24-12-11-19-9-7-8-10-20(19)17-24/h7-12,15-18H,13-14H2,1-6H3,(H,30,32,33). The summed E-state index contributed by atoms with van der Waals surface area (Å²) in [6, 6.07) is 21.1. The van der Waals surface area contributed by atoms with Gasteiger partial charge in [-0.2, -0.15) is 0 Å². The van der Waals surface area contributed by atoms with Gasteiger partial charge in [0.2, 0.25) is 5.13 Å². The first-order chi connectivity index (χ1) is 16.5. The van der Waals surface area contributed by atoms with Crippen molar-refractivity contribution in [2.75, 3.05) is 11.1 Å². The molecule has 0 aliphatic carbocycles. The van der Waals surface area contributed by atoms with Crippen molar-refractivity contribution in [3.05, 3.63) is 82.4 Å². The van der Waals surface area contributed by atoms with Crippen molar-refractivity contribution in [2.45, 2.75) is 63.7 Å². The summed E-state index contributed by atoms with van der Waals surface area (Å²) >= 11 is 3.25. The predicted molar refractivity (Wildman–Crippen MR) is 150 cm³/mol. The van der Waals surface area contributed by atoms with Crippen molar-refractivity contribution in [1.29, 1.82) is 0 Å². The third-order valence-electron chi connectivity index (χ3n) is 5.92. The van der Waals surface area contributed by atoms with E-state index < -0.39 is 0 Å². The molecule has 35 heavy (non-hydrogen) atoms. The third kappa shape index (κ3) is 6.50. The van der Waals surface area contributed by atoms with Gasteiger partial charge >= 0.3 is 0 Å². The van der Waals surface area contributed by atoms with Gasteiger partial charge in [-0.15, -0.1) is 22.0 Å². The number of aromatic nitrogens is 2. The molecule has 1 amide bonds. The van der Waals surface area contributed by atoms with Crippen LogP contribution in [0.25, 0.3) is 10.8 Å². The van der Waals surface area contributed by atoms with E-state index in [0.29, 0.717) is 10.7 Å². The monoisotopic (exact) mass is 503 g/mol. The Kier molecular flexibility index (Phi) is 7.34. The van der Waals surface area contributed by atoms with Crippen LogP contribution in [0.2, 0.25) is 0 Å². The minimum absolute atomic E-state index is 0.0467. The number of benzene rings is 3. The fourth-order valence-corrected chi connectivity index (χ4v) is 5.48. The largest absolute Gasteiger partial charge is 0.296 e. The van der Waals surface area contributed by atoms with E-state index in [1.54, 1.807) is 0 Å². The van der Waals surface area contributed by atoms with Crippen LogP contribution in [0.5, 0.6) is 0 Å². The van der Waals surface area contributed by atoms with E-state index in [-0.39, 0.29) is 16.7 Å². The molecule has 4 nitrogen and oxygen atoms in total. The molecule has 0 radical (unpaired) electrons. The number of amides is 1. The quantitative estimate of drug-likeness (QED) is 0.272. The Labute approximate surface area is 216 Å². The maximum atomic E-state index is 13.1. The van der Waals surface area contributed by atoms with Crippen molar-refractivity contribution in [1.82, 2.24) is 10.2 Å². The zero-order valence-electron chi connectivity index (χ0n) is 21.3. The summed E-state index contributed by atoms with van der Waals surface area (Å²) in [6.07, 6.45) is 0.804. The van der Waals surface area contributed by atoms with E-state index in [1.807, 2.05) is 23.9 Å². The van der Waals surface area contributed by atoms with Crippen LogP contribution < -0.4 is 5.32 Å². The summed E-state index contributed by atoms with van der Waals surface area (Å²) in [6.45, 7) is 13.0. The number of hydrogen-bond acceptors (Lipinski definition) is 5. The Balaban J connectivity index is 1.40. The van der Waals surface area contributed by atoms with Gasteiger partial charge in [-0.3, -0.25) is 10.1 Å². The number of hydrogen-bond donors (Lipinski definition) is 1. The van der Waals surface area contributed by atoms with E-state index in [9.17, 15) is 4.79 Å². The summed E-state index contributed by atoms with van der Waals surface area (Å²) in [5.74, 6) is 0.763. The molecule has 182 valence electrons. The summed E-state index contributed by atoms with van der Waals surface area (Å²) in [5.41, 5.74) is 2.87. The van der Waals surface area contributed by atoms with Crippen molar-refractivity contribution >= 4 is 44.9 Å². The van der Waals surface area contributed by atoms with E-state index >= 15 is 0 Å². The Hall–Kier alpha value is -2.70. The summed E-state index contributed by atoms with van der Waals surface area (Å²) in [4.78, 5) is 14.4. The van der Waals surface area contributed by atoms with Gasteiger partial charge in [-0.1, -0.05) is 89.3 Å². The number of nitrogens with one attached hydrogen (secondary N) is 1. The molecule has 4 aromatic rings. The van der Waals surface area contributed by atoms with E-state index in [4.69, 9.17) is 0 Å². The molecule has 0 aliphatic rings. The second kappa shape index (κ2) is 10.1. The highest BCUT2D eigenvalue weighted by atomic mass is 32.2. The molecule has 6 heteroatoms. The molecule has 3 aromatic carbocycles. The number of fused-ring (bicyclic) bond motifs is 1. The van der Waals surface area contributed by atoms with Gasteiger partial charge < -0.3 is 0 Å². The first kappa shape index (κ1) is 25.4. The summed E-state index contributed by atoms with van der Waals surface area (Å²) in [5, 5.41) is 15.5. The Morgan fingerprint density at radius 2 is 1.51 bits per heavy atom. The number of nitrogens with zero attached hydrogens (tertiary/aromatic N) is 2. The molecule has 0 unspecified atom stereocenters. The number of carbonyl (C=O) groups is 1. The first-order valence-corrected chi connectivity index (χ1v) is 13.7. The Morgan fingerprint density at radius 3 is 2.17 bits per heavy atom. The van der Waals surface area contributed by atoms with Gasteiger partial charge in [-0.25, -0.2) is 0 Å². The molecule has 1 N–H and O–H groups in total. The van der Waals surface area contributed by atoms with E-state index in [2.05, 4.69) is 106 Å². The normalized spacial score (nSPS) is 12.2. The molecule has 0 atom stereocenters. The van der Waals surface area contributed by atoms with Gasteiger partial charge in [0, 0.05) is 22.6 Å². The smallest absolute Gasteiger partial charge is 0.257 e. The molecule has 1 aromatic heterocycles. The third-order valence-corrected chi connectivity index (χ3v) is 7.81. The average Bonchev–Trinajstić information content (AvgIpc) is 3.24. The molecule has 0 bridgehead atoms. The highest BCUT2D eigenvalue weighted by molar-refractivity contribution is 7.99. The summed E-state index contributed by atoms with van der Waals surface area (Å²) < 4.78 is 0. The lowest BCUT2D eigenvalue weighted by atomic mass is 9.79. The number of rotatable bonds is 6. The zero-order chi connectivity index (χ0) is 25.2. The van der Waals surface area contributed by atoms with Crippen molar-refractivity contribution in [3.63, 3.8) is 0 Å². The topological polar surface area (TPSA) is 54.9 Å². The number of anilines is 1. The Morgan fingerprint density at radius 1 is 0.857 bits per heavy atom. The van der Waals surface area contributed by atoms with Gasteiger partial charge in [0.25, 0.3) is 5.91 Å². The minimum atomic E-state index is -0.144. The van der Waals surface area contributed by atoms with E-state index in [1.165, 1.54) is 27.0 Å². The van der Waals surface area contributed by atoms with Gasteiger partial charge in [-0.05, 0) is 57.0 Å². The van der Waals surface area contributed by atoms with Gasteiger partial charge in [0.15, 0.2) is 0 Å². The molecule has 0 saturated carbocycles. The lowest BCUT2D eigenvalue weighted by molar-refractivity contribution is 0.102. The maximum absolute atomic E-state index is 13.1. The second-order valence-corrected chi connectivity index (χ2v) is 13.1. The number of carbonyl (C=O) groups excluding carboxylic acids is 1. The van der Waals surface area contributed by atoms with Gasteiger partial charge in [0.05, 0.1) is 0 Å².